The van der Waals surface area contributed by atoms with Crippen LogP contribution in [0.4, 0.5) is 5.69 Å². The molecular weight excluding hydrogens is 306 g/mol. The van der Waals surface area contributed by atoms with E-state index in [1.54, 1.807) is 36.1 Å². The van der Waals surface area contributed by atoms with Crippen LogP contribution in [0.1, 0.15) is 20.8 Å². The van der Waals surface area contributed by atoms with Crippen LogP contribution in [-0.4, -0.2) is 42.5 Å². The molecule has 1 aromatic carbocycles. The van der Waals surface area contributed by atoms with Gasteiger partial charge in [0.05, 0.1) is 6.04 Å². The van der Waals surface area contributed by atoms with E-state index in [1.807, 2.05) is 13.8 Å². The molecule has 1 aromatic rings. The summed E-state index contributed by atoms with van der Waals surface area (Å²) in [4.78, 5) is 25.1. The van der Waals surface area contributed by atoms with E-state index in [2.05, 4.69) is 5.32 Å². The van der Waals surface area contributed by atoms with Crippen LogP contribution >= 0.6 is 12.4 Å². The number of nitrogens with zero attached hydrogens (tertiary/aromatic N) is 1. The number of nitrogens with one attached hydrogen (secondary N) is 1. The van der Waals surface area contributed by atoms with E-state index in [1.165, 1.54) is 0 Å². The van der Waals surface area contributed by atoms with Gasteiger partial charge < -0.3 is 20.7 Å². The van der Waals surface area contributed by atoms with E-state index in [0.29, 0.717) is 24.5 Å². The maximum Gasteiger partial charge on any atom is 0.260 e. The number of rotatable bonds is 7. The van der Waals surface area contributed by atoms with Crippen molar-refractivity contribution in [3.8, 4) is 5.75 Å². The molecule has 1 atom stereocenters. The van der Waals surface area contributed by atoms with Gasteiger partial charge >= 0.3 is 0 Å². The maximum atomic E-state index is 11.8. The van der Waals surface area contributed by atoms with Crippen molar-refractivity contribution in [2.75, 3.05) is 25.0 Å². The van der Waals surface area contributed by atoms with Gasteiger partial charge in [0.25, 0.3) is 5.91 Å². The lowest BCUT2D eigenvalue weighted by atomic mass is 10.2. The van der Waals surface area contributed by atoms with Gasteiger partial charge in [0.1, 0.15) is 5.75 Å². The van der Waals surface area contributed by atoms with Crippen LogP contribution in [-0.2, 0) is 9.59 Å². The summed E-state index contributed by atoms with van der Waals surface area (Å²) in [5.41, 5.74) is 6.08. The fourth-order valence-electron chi connectivity index (χ4n) is 1.73. The molecule has 0 radical (unpaired) electrons. The maximum absolute atomic E-state index is 11.8. The van der Waals surface area contributed by atoms with Crippen LogP contribution in [0.15, 0.2) is 24.3 Å². The minimum Gasteiger partial charge on any atom is -0.484 e. The van der Waals surface area contributed by atoms with Crippen molar-refractivity contribution >= 4 is 29.9 Å². The number of amides is 2. The number of carbonyl (C=O) groups excluding carboxylic acids is 2. The van der Waals surface area contributed by atoms with Crippen LogP contribution in [0, 0.1) is 0 Å². The summed E-state index contributed by atoms with van der Waals surface area (Å²) in [5, 5.41) is 2.68. The van der Waals surface area contributed by atoms with Gasteiger partial charge in [-0.15, -0.1) is 12.4 Å². The Morgan fingerprint density at radius 3 is 2.50 bits per heavy atom. The molecule has 0 aliphatic carbocycles. The summed E-state index contributed by atoms with van der Waals surface area (Å²) < 4.78 is 5.46. The Kier molecular flexibility index (Phi) is 9.21. The molecule has 3 N–H and O–H groups in total. The lowest BCUT2D eigenvalue weighted by molar-refractivity contribution is -0.133. The Balaban J connectivity index is 0.00000441. The van der Waals surface area contributed by atoms with Crippen LogP contribution in [0.25, 0.3) is 0 Å². The molecular formula is C15H24ClN3O3. The van der Waals surface area contributed by atoms with Crippen molar-refractivity contribution < 1.29 is 14.3 Å². The molecule has 0 aliphatic heterocycles. The van der Waals surface area contributed by atoms with E-state index in [9.17, 15) is 9.59 Å². The van der Waals surface area contributed by atoms with Gasteiger partial charge in [-0.3, -0.25) is 9.59 Å². The lowest BCUT2D eigenvalue weighted by Crippen LogP contribution is -2.34. The summed E-state index contributed by atoms with van der Waals surface area (Å²) in [5.74, 6) is 0.189. The Labute approximate surface area is 137 Å². The summed E-state index contributed by atoms with van der Waals surface area (Å²) in [6, 6.07) is 6.29. The Morgan fingerprint density at radius 2 is 1.95 bits per heavy atom. The highest BCUT2D eigenvalue weighted by Gasteiger charge is 2.11. The number of likely N-dealkylation sites (N-methyl/N-ethyl adjacent to an activating group) is 1. The fraction of sp³-hybridized carbons (Fsp3) is 0.467. The van der Waals surface area contributed by atoms with E-state index >= 15 is 0 Å². The van der Waals surface area contributed by atoms with Crippen molar-refractivity contribution in [2.24, 2.45) is 5.73 Å². The first kappa shape index (κ1) is 20.2. The number of benzene rings is 1. The van der Waals surface area contributed by atoms with Crippen molar-refractivity contribution in [2.45, 2.75) is 26.8 Å². The minimum absolute atomic E-state index is 0. The number of hydrogen-bond donors (Lipinski definition) is 2. The number of halogens is 1. The minimum atomic E-state index is -0.584. The molecule has 22 heavy (non-hydrogen) atoms. The normalized spacial score (nSPS) is 11.1. The van der Waals surface area contributed by atoms with Crippen molar-refractivity contribution in [3.63, 3.8) is 0 Å². The van der Waals surface area contributed by atoms with E-state index < -0.39 is 6.04 Å². The van der Waals surface area contributed by atoms with Gasteiger partial charge in [-0.2, -0.15) is 0 Å². The topological polar surface area (TPSA) is 84.7 Å². The highest BCUT2D eigenvalue weighted by Crippen LogP contribution is 2.17. The molecule has 0 fully saturated rings. The number of hydrogen-bond acceptors (Lipinski definition) is 4. The monoisotopic (exact) mass is 329 g/mol. The first-order valence-electron chi connectivity index (χ1n) is 7.05. The Bertz CT molecular complexity index is 491. The molecule has 6 nitrogen and oxygen atoms in total. The predicted molar refractivity (Wildman–Crippen MR) is 89.4 cm³/mol. The molecule has 0 saturated carbocycles. The Morgan fingerprint density at radius 1 is 1.32 bits per heavy atom. The van der Waals surface area contributed by atoms with Gasteiger partial charge in [0, 0.05) is 24.8 Å². The second-order valence-electron chi connectivity index (χ2n) is 4.66. The zero-order chi connectivity index (χ0) is 15.8. The third-order valence-corrected chi connectivity index (χ3v) is 2.99. The fourth-order valence-corrected chi connectivity index (χ4v) is 1.73. The molecule has 0 aliphatic rings. The first-order chi connectivity index (χ1) is 9.97. The standard InChI is InChI=1S/C15H23N3O3.ClH/c1-4-18(5-2)14(19)10-21-13-8-6-7-12(9-13)17-15(20)11(3)16;/h6-9,11H,4-5,10,16H2,1-3H3,(H,17,20);1H/t11-;/m0./s1. The van der Waals surface area contributed by atoms with E-state index in [0.717, 1.165) is 0 Å². The highest BCUT2D eigenvalue weighted by atomic mass is 35.5. The van der Waals surface area contributed by atoms with Crippen LogP contribution in [0.2, 0.25) is 0 Å². The number of carbonyl (C=O) groups is 2. The van der Waals surface area contributed by atoms with Gasteiger partial charge in [0.15, 0.2) is 6.61 Å². The average Bonchev–Trinajstić information content (AvgIpc) is 2.46. The van der Waals surface area contributed by atoms with Crippen molar-refractivity contribution in [1.29, 1.82) is 0 Å². The second-order valence-corrected chi connectivity index (χ2v) is 4.66. The first-order valence-corrected chi connectivity index (χ1v) is 7.05. The molecule has 0 aromatic heterocycles. The highest BCUT2D eigenvalue weighted by molar-refractivity contribution is 5.94. The van der Waals surface area contributed by atoms with Gasteiger partial charge in [0.2, 0.25) is 5.91 Å². The van der Waals surface area contributed by atoms with Crippen molar-refractivity contribution in [1.82, 2.24) is 4.90 Å². The largest absolute Gasteiger partial charge is 0.484 e. The van der Waals surface area contributed by atoms with E-state index in [-0.39, 0.29) is 30.8 Å². The van der Waals surface area contributed by atoms with Crippen LogP contribution < -0.4 is 15.8 Å². The SMILES string of the molecule is CCN(CC)C(=O)COc1cccc(NC(=O)[C@H](C)N)c1.Cl. The Hall–Kier alpha value is -1.79. The van der Waals surface area contributed by atoms with Crippen LogP contribution in [0.3, 0.4) is 0 Å². The van der Waals surface area contributed by atoms with Crippen molar-refractivity contribution in [3.05, 3.63) is 24.3 Å². The molecule has 2 amide bonds. The van der Waals surface area contributed by atoms with Gasteiger partial charge in [-0.25, -0.2) is 0 Å². The molecule has 1 rings (SSSR count). The third kappa shape index (κ3) is 6.32. The zero-order valence-corrected chi connectivity index (χ0v) is 14.0. The molecule has 0 spiro atoms. The van der Waals surface area contributed by atoms with Gasteiger partial charge in [-0.1, -0.05) is 6.07 Å². The predicted octanol–water partition coefficient (Wildman–Crippen LogP) is 1.64. The zero-order valence-electron chi connectivity index (χ0n) is 13.2. The summed E-state index contributed by atoms with van der Waals surface area (Å²) in [7, 11) is 0. The second kappa shape index (κ2) is 10.0. The molecule has 0 heterocycles. The quantitative estimate of drug-likeness (QED) is 0.796. The number of anilines is 1. The summed E-state index contributed by atoms with van der Waals surface area (Å²) in [6.07, 6.45) is 0. The average molecular weight is 330 g/mol. The van der Waals surface area contributed by atoms with E-state index in [4.69, 9.17) is 10.5 Å². The third-order valence-electron chi connectivity index (χ3n) is 2.99. The lowest BCUT2D eigenvalue weighted by Gasteiger charge is -2.18. The smallest absolute Gasteiger partial charge is 0.260 e. The molecule has 124 valence electrons. The summed E-state index contributed by atoms with van der Waals surface area (Å²) >= 11 is 0. The molecule has 0 unspecified atom stereocenters. The van der Waals surface area contributed by atoms with Gasteiger partial charge in [-0.05, 0) is 32.9 Å². The van der Waals surface area contributed by atoms with Crippen LogP contribution in [0.5, 0.6) is 5.75 Å². The molecule has 7 heteroatoms. The molecule has 0 saturated heterocycles. The molecule has 0 bridgehead atoms. The number of nitrogens with two attached hydrogens (primary N) is 1. The number of ether oxygens (including phenoxy) is 1. The summed E-state index contributed by atoms with van der Waals surface area (Å²) in [6.45, 7) is 6.74.